The molecule has 16 heavy (non-hydrogen) atoms. The van der Waals surface area contributed by atoms with Crippen molar-refractivity contribution in [2.24, 2.45) is 0 Å². The molecule has 0 unspecified atom stereocenters. The Kier molecular flexibility index (Phi) is 4.62. The van der Waals surface area contributed by atoms with Gasteiger partial charge in [0.25, 0.3) is 9.24 Å². The van der Waals surface area contributed by atoms with Crippen molar-refractivity contribution >= 4 is 31.5 Å². The summed E-state index contributed by atoms with van der Waals surface area (Å²) < 4.78 is 23.8. The Morgan fingerprint density at radius 1 is 1.38 bits per heavy atom. The Morgan fingerprint density at radius 3 is 2.44 bits per heavy atom. The zero-order valence-electron chi connectivity index (χ0n) is 9.02. The van der Waals surface area contributed by atoms with Crippen LogP contribution in [0.4, 0.5) is 0 Å². The number of benzene rings is 1. The van der Waals surface area contributed by atoms with Crippen LogP contribution in [-0.2, 0) is 15.8 Å². The van der Waals surface area contributed by atoms with E-state index in [1.54, 1.807) is 32.0 Å². The highest BCUT2D eigenvalue weighted by atomic mass is 35.7. The maximum atomic E-state index is 11.3. The quantitative estimate of drug-likeness (QED) is 0.796. The molecule has 1 rings (SSSR count). The second-order valence-electron chi connectivity index (χ2n) is 3.71. The minimum atomic E-state index is -3.71. The summed E-state index contributed by atoms with van der Waals surface area (Å²) in [6.07, 6.45) is 0. The van der Waals surface area contributed by atoms with Crippen molar-refractivity contribution < 1.29 is 8.42 Å². The van der Waals surface area contributed by atoms with Gasteiger partial charge in [0.1, 0.15) is 0 Å². The first kappa shape index (κ1) is 13.8. The molecule has 0 amide bonds. The van der Waals surface area contributed by atoms with Crippen LogP contribution < -0.4 is 0 Å². The lowest BCUT2D eigenvalue weighted by Gasteiger charge is -2.22. The van der Waals surface area contributed by atoms with Gasteiger partial charge in [0.15, 0.2) is 0 Å². The fraction of sp³-hybridized carbons (Fsp3) is 0.400. The molecule has 0 fully saturated rings. The second kappa shape index (κ2) is 5.36. The van der Waals surface area contributed by atoms with Gasteiger partial charge in [0.05, 0.1) is 0 Å². The molecule has 0 radical (unpaired) electrons. The Labute approximate surface area is 106 Å². The topological polar surface area (TPSA) is 37.4 Å². The van der Waals surface area contributed by atoms with E-state index >= 15 is 0 Å². The maximum Gasteiger partial charge on any atom is 0.300 e. The lowest BCUT2D eigenvalue weighted by atomic mass is 10.2. The Morgan fingerprint density at radius 2 is 2.00 bits per heavy atom. The van der Waals surface area contributed by atoms with Crippen molar-refractivity contribution in [3.8, 4) is 0 Å². The smallest absolute Gasteiger partial charge is 0.195 e. The molecule has 0 N–H and O–H groups in total. The van der Waals surface area contributed by atoms with E-state index in [4.69, 9.17) is 22.3 Å². The van der Waals surface area contributed by atoms with Crippen LogP contribution in [0.2, 0.25) is 5.02 Å². The van der Waals surface area contributed by atoms with E-state index in [-0.39, 0.29) is 12.6 Å². The van der Waals surface area contributed by atoms with Gasteiger partial charge in [-0.05, 0) is 31.5 Å². The van der Waals surface area contributed by atoms with Crippen LogP contribution in [0, 0.1) is 0 Å². The molecule has 0 saturated heterocycles. The molecular weight excluding hydrogens is 269 g/mol. The Bertz CT molecular complexity index is 460. The summed E-state index contributed by atoms with van der Waals surface area (Å²) in [5, 5.41) is 0.577. The summed E-state index contributed by atoms with van der Waals surface area (Å²) in [4.78, 5) is 0. The van der Waals surface area contributed by atoms with Crippen molar-refractivity contribution in [2.45, 2.75) is 26.4 Å². The molecule has 6 heteroatoms. The van der Waals surface area contributed by atoms with E-state index < -0.39 is 9.24 Å². The number of hydrogen-bond donors (Lipinski definition) is 0. The van der Waals surface area contributed by atoms with Gasteiger partial charge >= 0.3 is 0 Å². The average Bonchev–Trinajstić information content (AvgIpc) is 2.12. The third-order valence-electron chi connectivity index (χ3n) is 2.08. The van der Waals surface area contributed by atoms with E-state index in [1.807, 2.05) is 6.07 Å². The van der Waals surface area contributed by atoms with Gasteiger partial charge in [-0.3, -0.25) is 0 Å². The predicted molar refractivity (Wildman–Crippen MR) is 66.9 cm³/mol. The highest BCUT2D eigenvalue weighted by Crippen LogP contribution is 2.18. The van der Waals surface area contributed by atoms with Crippen LogP contribution >= 0.6 is 22.3 Å². The molecular formula is C10H13Cl2NO2S. The van der Waals surface area contributed by atoms with Crippen molar-refractivity contribution in [2.75, 3.05) is 0 Å². The van der Waals surface area contributed by atoms with E-state index in [0.29, 0.717) is 5.02 Å². The first-order valence-corrected chi connectivity index (χ1v) is 7.41. The fourth-order valence-electron chi connectivity index (χ4n) is 1.33. The van der Waals surface area contributed by atoms with Crippen molar-refractivity contribution in [3.05, 3.63) is 34.9 Å². The number of nitrogens with zero attached hydrogens (tertiary/aromatic N) is 1. The molecule has 0 aliphatic heterocycles. The summed E-state index contributed by atoms with van der Waals surface area (Å²) in [6.45, 7) is 3.76. The average molecular weight is 282 g/mol. The normalized spacial score (nSPS) is 12.4. The van der Waals surface area contributed by atoms with Gasteiger partial charge in [-0.25, -0.2) is 0 Å². The van der Waals surface area contributed by atoms with Gasteiger partial charge in [0.2, 0.25) is 0 Å². The van der Waals surface area contributed by atoms with E-state index in [9.17, 15) is 8.42 Å². The zero-order valence-corrected chi connectivity index (χ0v) is 11.4. The molecule has 1 aromatic carbocycles. The Balaban J connectivity index is 2.93. The number of rotatable bonds is 4. The minimum Gasteiger partial charge on any atom is -0.195 e. The standard InChI is InChI=1S/C10H13Cl2NO2S/c1-8(2)13(16(12,14)15)7-9-4-3-5-10(11)6-9/h3-6,8H,7H2,1-2H3. The molecule has 90 valence electrons. The predicted octanol–water partition coefficient (Wildman–Crippen LogP) is 3.03. The van der Waals surface area contributed by atoms with Crippen LogP contribution in [0.5, 0.6) is 0 Å². The Hall–Kier alpha value is -0.290. The van der Waals surface area contributed by atoms with Gasteiger partial charge in [-0.1, -0.05) is 23.7 Å². The monoisotopic (exact) mass is 281 g/mol. The number of hydrogen-bond acceptors (Lipinski definition) is 2. The molecule has 3 nitrogen and oxygen atoms in total. The fourth-order valence-corrected chi connectivity index (χ4v) is 2.97. The summed E-state index contributed by atoms with van der Waals surface area (Å²) in [5.74, 6) is 0. The SMILES string of the molecule is CC(C)N(Cc1cccc(Cl)c1)S(=O)(=O)Cl. The third kappa shape index (κ3) is 3.94. The molecule has 0 aliphatic rings. The van der Waals surface area contributed by atoms with Crippen molar-refractivity contribution in [1.82, 2.24) is 4.31 Å². The van der Waals surface area contributed by atoms with Crippen LogP contribution in [0.1, 0.15) is 19.4 Å². The third-order valence-corrected chi connectivity index (χ3v) is 3.96. The largest absolute Gasteiger partial charge is 0.300 e. The summed E-state index contributed by atoms with van der Waals surface area (Å²) in [6, 6.07) is 6.85. The van der Waals surface area contributed by atoms with Crippen LogP contribution in [-0.4, -0.2) is 18.8 Å². The van der Waals surface area contributed by atoms with Crippen molar-refractivity contribution in [1.29, 1.82) is 0 Å². The molecule has 0 aromatic heterocycles. The molecule has 0 saturated carbocycles. The number of halogens is 2. The lowest BCUT2D eigenvalue weighted by Crippen LogP contribution is -2.33. The lowest BCUT2D eigenvalue weighted by molar-refractivity contribution is 0.356. The maximum absolute atomic E-state index is 11.3. The molecule has 0 heterocycles. The minimum absolute atomic E-state index is 0.193. The zero-order chi connectivity index (χ0) is 12.3. The summed E-state index contributed by atoms with van der Waals surface area (Å²) in [7, 11) is 1.64. The van der Waals surface area contributed by atoms with Crippen LogP contribution in [0.25, 0.3) is 0 Å². The van der Waals surface area contributed by atoms with E-state index in [2.05, 4.69) is 0 Å². The summed E-state index contributed by atoms with van der Waals surface area (Å²) >= 11 is 5.82. The van der Waals surface area contributed by atoms with Crippen LogP contribution in [0.3, 0.4) is 0 Å². The van der Waals surface area contributed by atoms with Crippen molar-refractivity contribution in [3.63, 3.8) is 0 Å². The summed E-state index contributed by atoms with van der Waals surface area (Å²) in [5.41, 5.74) is 0.811. The molecule has 0 bridgehead atoms. The molecule has 1 aromatic rings. The second-order valence-corrected chi connectivity index (χ2v) is 6.61. The molecule has 0 aliphatic carbocycles. The van der Waals surface area contributed by atoms with E-state index in [0.717, 1.165) is 5.56 Å². The van der Waals surface area contributed by atoms with Gasteiger partial charge < -0.3 is 0 Å². The highest BCUT2D eigenvalue weighted by molar-refractivity contribution is 8.11. The van der Waals surface area contributed by atoms with Gasteiger partial charge in [-0.15, -0.1) is 0 Å². The van der Waals surface area contributed by atoms with E-state index in [1.165, 1.54) is 4.31 Å². The highest BCUT2D eigenvalue weighted by Gasteiger charge is 2.22. The van der Waals surface area contributed by atoms with Gasteiger partial charge in [-0.2, -0.15) is 12.7 Å². The van der Waals surface area contributed by atoms with Gasteiger partial charge in [0, 0.05) is 28.3 Å². The first-order chi connectivity index (χ1) is 7.30. The first-order valence-electron chi connectivity index (χ1n) is 4.76. The molecule has 0 atom stereocenters. The van der Waals surface area contributed by atoms with Crippen LogP contribution in [0.15, 0.2) is 24.3 Å². The molecule has 0 spiro atoms.